The summed E-state index contributed by atoms with van der Waals surface area (Å²) in [6, 6.07) is 11.3. The zero-order valence-corrected chi connectivity index (χ0v) is 18.1. The van der Waals surface area contributed by atoms with E-state index >= 15 is 0 Å². The van der Waals surface area contributed by atoms with Crippen molar-refractivity contribution in [3.8, 4) is 0 Å². The number of thioether (sulfide) groups is 2. The van der Waals surface area contributed by atoms with Crippen LogP contribution in [0.15, 0.2) is 52.0 Å². The molecule has 1 aromatic carbocycles. The molecule has 3 aromatic rings. The summed E-state index contributed by atoms with van der Waals surface area (Å²) in [4.78, 5) is 35.1. The predicted molar refractivity (Wildman–Crippen MR) is 120 cm³/mol. The Morgan fingerprint density at radius 1 is 1.10 bits per heavy atom. The monoisotopic (exact) mass is 444 g/mol. The zero-order chi connectivity index (χ0) is 20.1. The topological polar surface area (TPSA) is 75.2 Å². The molecule has 3 heterocycles. The molecule has 0 radical (unpaired) electrons. The molecule has 1 aliphatic rings. The lowest BCUT2D eigenvalue weighted by atomic mass is 10.3. The number of anilines is 1. The Balaban J connectivity index is 1.32. The average molecular weight is 445 g/mol. The highest BCUT2D eigenvalue weighted by Crippen LogP contribution is 2.31. The SMILES string of the molecule is O=C(CSc1ccccn1)Nc1ccc2nc(SCC(=O)N3CCCC3)sc2c1. The summed E-state index contributed by atoms with van der Waals surface area (Å²) in [5, 5.41) is 3.75. The molecule has 2 aromatic heterocycles. The minimum Gasteiger partial charge on any atom is -0.342 e. The van der Waals surface area contributed by atoms with E-state index in [4.69, 9.17) is 0 Å². The van der Waals surface area contributed by atoms with Gasteiger partial charge in [0.2, 0.25) is 11.8 Å². The summed E-state index contributed by atoms with van der Waals surface area (Å²) in [5.74, 6) is 0.839. The van der Waals surface area contributed by atoms with E-state index in [2.05, 4.69) is 15.3 Å². The summed E-state index contributed by atoms with van der Waals surface area (Å²) in [6.45, 7) is 1.75. The first-order valence-corrected chi connectivity index (χ1v) is 12.1. The van der Waals surface area contributed by atoms with Gasteiger partial charge in [0.05, 0.1) is 26.7 Å². The number of nitrogens with zero attached hydrogens (tertiary/aromatic N) is 3. The minimum atomic E-state index is -0.0738. The number of benzene rings is 1. The Labute approximate surface area is 181 Å². The van der Waals surface area contributed by atoms with E-state index in [1.54, 1.807) is 17.5 Å². The molecular weight excluding hydrogens is 424 g/mol. The molecule has 1 fully saturated rings. The van der Waals surface area contributed by atoms with Crippen molar-refractivity contribution in [2.24, 2.45) is 0 Å². The first-order valence-electron chi connectivity index (χ1n) is 9.32. The van der Waals surface area contributed by atoms with E-state index in [1.807, 2.05) is 41.3 Å². The van der Waals surface area contributed by atoms with Gasteiger partial charge in [0.15, 0.2) is 4.34 Å². The summed E-state index contributed by atoms with van der Waals surface area (Å²) in [5.41, 5.74) is 1.63. The molecule has 0 aliphatic carbocycles. The molecular formula is C20H20N4O2S3. The average Bonchev–Trinajstić information content (AvgIpc) is 3.41. The number of aromatic nitrogens is 2. The van der Waals surface area contributed by atoms with Crippen molar-refractivity contribution in [3.05, 3.63) is 42.6 Å². The van der Waals surface area contributed by atoms with Gasteiger partial charge in [-0.1, -0.05) is 29.6 Å². The standard InChI is InChI=1S/C20H20N4O2S3/c25-17(12-27-18-5-1-2-8-21-18)22-14-6-7-15-16(11-14)29-20(23-15)28-13-19(26)24-9-3-4-10-24/h1-2,5-8,11H,3-4,9-10,12-13H2,(H,22,25). The fourth-order valence-electron chi connectivity index (χ4n) is 2.99. The maximum absolute atomic E-state index is 12.2. The van der Waals surface area contributed by atoms with E-state index < -0.39 is 0 Å². The Hall–Kier alpha value is -2.10. The van der Waals surface area contributed by atoms with Gasteiger partial charge in [-0.25, -0.2) is 9.97 Å². The van der Waals surface area contributed by atoms with Crippen LogP contribution in [0.1, 0.15) is 12.8 Å². The maximum Gasteiger partial charge on any atom is 0.234 e. The van der Waals surface area contributed by atoms with Gasteiger partial charge >= 0.3 is 0 Å². The van der Waals surface area contributed by atoms with Crippen LogP contribution in [0, 0.1) is 0 Å². The molecule has 150 valence electrons. The first kappa shape index (κ1) is 20.2. The van der Waals surface area contributed by atoms with E-state index in [9.17, 15) is 9.59 Å². The van der Waals surface area contributed by atoms with Gasteiger partial charge in [0.1, 0.15) is 0 Å². The van der Waals surface area contributed by atoms with Crippen LogP contribution >= 0.6 is 34.9 Å². The van der Waals surface area contributed by atoms with E-state index in [0.717, 1.165) is 51.2 Å². The van der Waals surface area contributed by atoms with Crippen molar-refractivity contribution in [1.29, 1.82) is 0 Å². The number of pyridine rings is 1. The van der Waals surface area contributed by atoms with Gasteiger partial charge in [-0.2, -0.15) is 0 Å². The molecule has 1 aliphatic heterocycles. The van der Waals surface area contributed by atoms with Crippen molar-refractivity contribution in [2.45, 2.75) is 22.2 Å². The van der Waals surface area contributed by atoms with Gasteiger partial charge in [-0.15, -0.1) is 11.3 Å². The Bertz CT molecular complexity index is 1000. The van der Waals surface area contributed by atoms with Crippen molar-refractivity contribution in [3.63, 3.8) is 0 Å². The predicted octanol–water partition coefficient (Wildman–Crippen LogP) is 4.14. The molecule has 4 rings (SSSR count). The van der Waals surface area contributed by atoms with Crippen LogP contribution in [-0.4, -0.2) is 51.3 Å². The van der Waals surface area contributed by atoms with E-state index in [-0.39, 0.29) is 11.8 Å². The molecule has 9 heteroatoms. The molecule has 0 unspecified atom stereocenters. The van der Waals surface area contributed by atoms with Crippen molar-refractivity contribution in [2.75, 3.05) is 29.9 Å². The highest BCUT2D eigenvalue weighted by Gasteiger charge is 2.18. The number of likely N-dealkylation sites (tertiary alicyclic amines) is 1. The fourth-order valence-corrected chi connectivity index (χ4v) is 5.67. The second kappa shape index (κ2) is 9.60. The van der Waals surface area contributed by atoms with Crippen LogP contribution in [0.2, 0.25) is 0 Å². The van der Waals surface area contributed by atoms with Crippen LogP contribution in [-0.2, 0) is 9.59 Å². The maximum atomic E-state index is 12.2. The third kappa shape index (κ3) is 5.49. The first-order chi connectivity index (χ1) is 14.2. The number of thiazole rings is 1. The summed E-state index contributed by atoms with van der Waals surface area (Å²) in [7, 11) is 0. The molecule has 0 saturated carbocycles. The number of hydrogen-bond donors (Lipinski definition) is 1. The number of amides is 2. The smallest absolute Gasteiger partial charge is 0.234 e. The van der Waals surface area contributed by atoms with Gasteiger partial charge < -0.3 is 10.2 Å². The molecule has 29 heavy (non-hydrogen) atoms. The lowest BCUT2D eigenvalue weighted by Gasteiger charge is -2.13. The zero-order valence-electron chi connectivity index (χ0n) is 15.7. The molecule has 1 N–H and O–H groups in total. The minimum absolute atomic E-state index is 0.0738. The van der Waals surface area contributed by atoms with Crippen molar-refractivity contribution < 1.29 is 9.59 Å². The van der Waals surface area contributed by atoms with Crippen molar-refractivity contribution >= 4 is 62.6 Å². The van der Waals surface area contributed by atoms with E-state index in [0.29, 0.717) is 11.5 Å². The van der Waals surface area contributed by atoms with E-state index in [1.165, 1.54) is 23.5 Å². The Morgan fingerprint density at radius 2 is 1.97 bits per heavy atom. The van der Waals surface area contributed by atoms with Gasteiger partial charge in [0, 0.05) is 25.0 Å². The molecule has 1 saturated heterocycles. The lowest BCUT2D eigenvalue weighted by Crippen LogP contribution is -2.29. The largest absolute Gasteiger partial charge is 0.342 e. The molecule has 0 spiro atoms. The number of nitrogens with one attached hydrogen (secondary N) is 1. The van der Waals surface area contributed by atoms with Crippen molar-refractivity contribution in [1.82, 2.24) is 14.9 Å². The molecule has 0 atom stereocenters. The second-order valence-corrected chi connectivity index (χ2v) is 9.79. The normalized spacial score (nSPS) is 13.7. The second-order valence-electron chi connectivity index (χ2n) is 6.54. The third-order valence-corrected chi connectivity index (χ3v) is 7.51. The third-order valence-electron chi connectivity index (χ3n) is 4.42. The fraction of sp³-hybridized carbons (Fsp3) is 0.300. The quantitative estimate of drug-likeness (QED) is 0.552. The summed E-state index contributed by atoms with van der Waals surface area (Å²) in [6.07, 6.45) is 3.92. The van der Waals surface area contributed by atoms with Gasteiger partial charge in [-0.05, 0) is 43.2 Å². The van der Waals surface area contributed by atoms with Crippen LogP contribution in [0.4, 0.5) is 5.69 Å². The lowest BCUT2D eigenvalue weighted by molar-refractivity contribution is -0.127. The molecule has 6 nitrogen and oxygen atoms in total. The van der Waals surface area contributed by atoms with Crippen LogP contribution in [0.3, 0.4) is 0 Å². The molecule has 2 amide bonds. The number of rotatable bonds is 7. The number of carbonyl (C=O) groups excluding carboxylic acids is 2. The van der Waals surface area contributed by atoms with Crippen LogP contribution in [0.5, 0.6) is 0 Å². The Kier molecular flexibility index (Phi) is 6.68. The van der Waals surface area contributed by atoms with Crippen LogP contribution in [0.25, 0.3) is 10.2 Å². The number of hydrogen-bond acceptors (Lipinski definition) is 7. The highest BCUT2D eigenvalue weighted by atomic mass is 32.2. The summed E-state index contributed by atoms with van der Waals surface area (Å²) < 4.78 is 1.87. The molecule has 0 bridgehead atoms. The highest BCUT2D eigenvalue weighted by molar-refractivity contribution is 8.01. The number of fused-ring (bicyclic) bond motifs is 1. The summed E-state index contributed by atoms with van der Waals surface area (Å²) >= 11 is 4.44. The van der Waals surface area contributed by atoms with Gasteiger partial charge in [0.25, 0.3) is 0 Å². The number of carbonyl (C=O) groups is 2. The van der Waals surface area contributed by atoms with Crippen LogP contribution < -0.4 is 5.32 Å². The Morgan fingerprint density at radius 3 is 2.76 bits per heavy atom. The van der Waals surface area contributed by atoms with Gasteiger partial charge in [-0.3, -0.25) is 9.59 Å².